The Morgan fingerprint density at radius 1 is 1.30 bits per heavy atom. The lowest BCUT2D eigenvalue weighted by atomic mass is 10.1. The van der Waals surface area contributed by atoms with Crippen molar-refractivity contribution < 1.29 is 13.3 Å². The Kier molecular flexibility index (Phi) is 3.45. The zero-order chi connectivity index (χ0) is 14.9. The van der Waals surface area contributed by atoms with Gasteiger partial charge in [-0.05, 0) is 25.5 Å². The van der Waals surface area contributed by atoms with Crippen molar-refractivity contribution in [3.8, 4) is 0 Å². The zero-order valence-electron chi connectivity index (χ0n) is 10.7. The highest BCUT2D eigenvalue weighted by Crippen LogP contribution is 2.27. The first-order chi connectivity index (χ1) is 9.31. The van der Waals surface area contributed by atoms with Gasteiger partial charge in [0.05, 0.1) is 16.8 Å². The third-order valence-corrected chi connectivity index (χ3v) is 4.10. The molecule has 8 nitrogen and oxygen atoms in total. The van der Waals surface area contributed by atoms with E-state index in [2.05, 4.69) is 14.9 Å². The number of aromatic nitrogens is 2. The molecule has 0 fully saturated rings. The molecule has 2 rings (SSSR count). The highest BCUT2D eigenvalue weighted by Gasteiger charge is 2.19. The molecule has 0 radical (unpaired) electrons. The van der Waals surface area contributed by atoms with E-state index in [-0.39, 0.29) is 10.6 Å². The molecule has 0 spiro atoms. The normalized spacial score (nSPS) is 11.3. The summed E-state index contributed by atoms with van der Waals surface area (Å²) in [5.41, 5.74) is 1.10. The Morgan fingerprint density at radius 3 is 2.55 bits per heavy atom. The second-order valence-corrected chi connectivity index (χ2v) is 5.93. The maximum absolute atomic E-state index is 12.0. The molecule has 20 heavy (non-hydrogen) atoms. The smallest absolute Gasteiger partial charge is 0.272 e. The lowest BCUT2D eigenvalue weighted by Crippen LogP contribution is -2.13. The van der Waals surface area contributed by atoms with Crippen LogP contribution in [0.5, 0.6) is 0 Å². The number of aryl methyl sites for hydroxylation is 2. The molecule has 0 aliphatic carbocycles. The van der Waals surface area contributed by atoms with Crippen LogP contribution in [0.25, 0.3) is 0 Å². The molecule has 2 N–H and O–H groups in total. The van der Waals surface area contributed by atoms with Crippen molar-refractivity contribution in [1.82, 2.24) is 10.2 Å². The Hall–Kier alpha value is -2.42. The Labute approximate surface area is 115 Å². The van der Waals surface area contributed by atoms with Gasteiger partial charge in [0.1, 0.15) is 4.90 Å². The predicted octanol–water partition coefficient (Wildman–Crippen LogP) is 1.74. The van der Waals surface area contributed by atoms with Crippen molar-refractivity contribution in [2.24, 2.45) is 0 Å². The largest absolute Gasteiger partial charge is 0.284 e. The molecule has 0 bridgehead atoms. The van der Waals surface area contributed by atoms with E-state index in [4.69, 9.17) is 0 Å². The molecule has 0 aliphatic rings. The van der Waals surface area contributed by atoms with Gasteiger partial charge in [-0.2, -0.15) is 5.10 Å². The summed E-state index contributed by atoms with van der Waals surface area (Å²) in [6, 6.07) is 2.77. The summed E-state index contributed by atoms with van der Waals surface area (Å²) in [7, 11) is -3.76. The van der Waals surface area contributed by atoms with Gasteiger partial charge in [-0.1, -0.05) is 0 Å². The van der Waals surface area contributed by atoms with Crippen molar-refractivity contribution >= 4 is 21.4 Å². The molecule has 9 heteroatoms. The van der Waals surface area contributed by atoms with E-state index in [9.17, 15) is 18.5 Å². The van der Waals surface area contributed by atoms with Crippen LogP contribution in [0.1, 0.15) is 11.1 Å². The van der Waals surface area contributed by atoms with Crippen LogP contribution < -0.4 is 4.72 Å². The number of benzene rings is 1. The van der Waals surface area contributed by atoms with Gasteiger partial charge in [0, 0.05) is 17.8 Å². The van der Waals surface area contributed by atoms with Crippen molar-refractivity contribution in [2.45, 2.75) is 18.7 Å². The Bertz CT molecular complexity index is 753. The molecule has 0 saturated heterocycles. The molecule has 106 valence electrons. The molecule has 0 saturated carbocycles. The third-order valence-electron chi connectivity index (χ3n) is 2.77. The molecule has 0 unspecified atom stereocenters. The number of H-pyrrole nitrogens is 1. The van der Waals surface area contributed by atoms with E-state index >= 15 is 0 Å². The van der Waals surface area contributed by atoms with Gasteiger partial charge in [-0.15, -0.1) is 0 Å². The van der Waals surface area contributed by atoms with Crippen LogP contribution in [0.3, 0.4) is 0 Å². The summed E-state index contributed by atoms with van der Waals surface area (Å²) in [5.74, 6) is 0. The first-order valence-corrected chi connectivity index (χ1v) is 7.07. The molecule has 2 aromatic rings. The van der Waals surface area contributed by atoms with Gasteiger partial charge in [0.15, 0.2) is 0 Å². The van der Waals surface area contributed by atoms with Gasteiger partial charge < -0.3 is 0 Å². The number of nitrogens with zero attached hydrogens (tertiary/aromatic N) is 2. The van der Waals surface area contributed by atoms with Gasteiger partial charge in [0.25, 0.3) is 15.7 Å². The molecule has 1 heterocycles. The van der Waals surface area contributed by atoms with Crippen LogP contribution in [0, 0.1) is 24.0 Å². The number of sulfonamides is 1. The fraction of sp³-hybridized carbons (Fsp3) is 0.182. The number of hydrogen-bond donors (Lipinski definition) is 2. The van der Waals surface area contributed by atoms with Crippen LogP contribution in [-0.4, -0.2) is 23.5 Å². The molecule has 0 atom stereocenters. The monoisotopic (exact) mass is 296 g/mol. The maximum atomic E-state index is 12.0. The van der Waals surface area contributed by atoms with Crippen molar-refractivity contribution in [3.05, 3.63) is 45.8 Å². The average Bonchev–Trinajstić information content (AvgIpc) is 2.87. The van der Waals surface area contributed by atoms with Crippen LogP contribution >= 0.6 is 0 Å². The quantitative estimate of drug-likeness (QED) is 0.658. The van der Waals surface area contributed by atoms with Gasteiger partial charge in [-0.3, -0.25) is 19.9 Å². The fourth-order valence-corrected chi connectivity index (χ4v) is 2.72. The number of hydrogen-bond acceptors (Lipinski definition) is 5. The summed E-state index contributed by atoms with van der Waals surface area (Å²) in [4.78, 5) is 10.3. The second kappa shape index (κ2) is 4.93. The standard InChI is InChI=1S/C11H12N4O4S/c1-7-4-11(15(16)17)8(2)3-10(7)14-20(18,19)9-5-12-13-6-9/h3-6,14H,1-2H3,(H,12,13). The van der Waals surface area contributed by atoms with Crippen molar-refractivity contribution in [1.29, 1.82) is 0 Å². The van der Waals surface area contributed by atoms with E-state index < -0.39 is 14.9 Å². The van der Waals surface area contributed by atoms with Crippen LogP contribution in [0.15, 0.2) is 29.4 Å². The van der Waals surface area contributed by atoms with Gasteiger partial charge >= 0.3 is 0 Å². The summed E-state index contributed by atoms with van der Waals surface area (Å²) >= 11 is 0. The highest BCUT2D eigenvalue weighted by molar-refractivity contribution is 7.92. The van der Waals surface area contributed by atoms with E-state index in [1.54, 1.807) is 13.8 Å². The minimum absolute atomic E-state index is 0.00657. The number of nitro groups is 1. The van der Waals surface area contributed by atoms with Gasteiger partial charge in [-0.25, -0.2) is 8.42 Å². The topological polar surface area (TPSA) is 118 Å². The lowest BCUT2D eigenvalue weighted by Gasteiger charge is -2.10. The van der Waals surface area contributed by atoms with E-state index in [1.807, 2.05) is 0 Å². The lowest BCUT2D eigenvalue weighted by molar-refractivity contribution is -0.385. The number of anilines is 1. The second-order valence-electron chi connectivity index (χ2n) is 4.25. The summed E-state index contributed by atoms with van der Waals surface area (Å²) in [6.07, 6.45) is 2.42. The Morgan fingerprint density at radius 2 is 2.00 bits per heavy atom. The molecule has 0 aliphatic heterocycles. The molecular formula is C11H12N4O4S. The first-order valence-electron chi connectivity index (χ1n) is 5.58. The predicted molar refractivity (Wildman–Crippen MR) is 72.0 cm³/mol. The SMILES string of the molecule is Cc1cc([N+](=O)[O-])c(C)cc1NS(=O)(=O)c1cn[nH]c1. The summed E-state index contributed by atoms with van der Waals surface area (Å²) in [6.45, 7) is 3.15. The number of aromatic amines is 1. The zero-order valence-corrected chi connectivity index (χ0v) is 11.6. The van der Waals surface area contributed by atoms with E-state index in [0.717, 1.165) is 0 Å². The highest BCUT2D eigenvalue weighted by atomic mass is 32.2. The summed E-state index contributed by atoms with van der Waals surface area (Å²) in [5, 5.41) is 16.8. The van der Waals surface area contributed by atoms with E-state index in [0.29, 0.717) is 16.8 Å². The van der Waals surface area contributed by atoms with Crippen LogP contribution in [0.4, 0.5) is 11.4 Å². The van der Waals surface area contributed by atoms with Gasteiger partial charge in [0.2, 0.25) is 0 Å². The molecule has 1 aromatic heterocycles. The number of nitrogens with one attached hydrogen (secondary N) is 2. The average molecular weight is 296 g/mol. The van der Waals surface area contributed by atoms with E-state index in [1.165, 1.54) is 24.5 Å². The van der Waals surface area contributed by atoms with Crippen LogP contribution in [0.2, 0.25) is 0 Å². The Balaban J connectivity index is 2.41. The fourth-order valence-electron chi connectivity index (χ4n) is 1.70. The first kappa shape index (κ1) is 14.0. The molecule has 0 amide bonds. The van der Waals surface area contributed by atoms with Crippen molar-refractivity contribution in [2.75, 3.05) is 4.72 Å². The minimum Gasteiger partial charge on any atom is -0.284 e. The molecular weight excluding hydrogens is 284 g/mol. The van der Waals surface area contributed by atoms with Crippen molar-refractivity contribution in [3.63, 3.8) is 0 Å². The van der Waals surface area contributed by atoms with Crippen LogP contribution in [-0.2, 0) is 10.0 Å². The number of rotatable bonds is 4. The molecule has 1 aromatic carbocycles. The number of nitro benzene ring substituents is 1. The third kappa shape index (κ3) is 2.62. The summed E-state index contributed by atoms with van der Waals surface area (Å²) < 4.78 is 26.5. The maximum Gasteiger partial charge on any atom is 0.272 e. The minimum atomic E-state index is -3.76.